The number of halogens is 1. The third-order valence-corrected chi connectivity index (χ3v) is 2.19. The lowest BCUT2D eigenvalue weighted by molar-refractivity contribution is -0.142. The summed E-state index contributed by atoms with van der Waals surface area (Å²) in [6.45, 7) is 3.34. The van der Waals surface area contributed by atoms with Gasteiger partial charge in [-0.15, -0.1) is 0 Å². The molecule has 0 radical (unpaired) electrons. The maximum Gasteiger partial charge on any atom is 0.325 e. The molecule has 0 amide bonds. The predicted molar refractivity (Wildman–Crippen MR) is 67.4 cm³/mol. The van der Waals surface area contributed by atoms with Crippen LogP contribution in [-0.2, 0) is 14.3 Å². The summed E-state index contributed by atoms with van der Waals surface area (Å²) < 4.78 is 9.98. The molecule has 0 saturated heterocycles. The first-order valence-electron chi connectivity index (χ1n) is 5.45. The molecular weight excluding hydrogens is 242 g/mol. The Bertz CT molecular complexity index is 357. The molecule has 0 aliphatic rings. The summed E-state index contributed by atoms with van der Waals surface area (Å²) in [5, 5.41) is 3.55. The zero-order chi connectivity index (χ0) is 12.5. The second kappa shape index (κ2) is 7.92. The SMILES string of the molecule is CCOCCOC(=O)CNc1cccc(Cl)c1. The van der Waals surface area contributed by atoms with Crippen molar-refractivity contribution >= 4 is 23.3 Å². The first-order valence-corrected chi connectivity index (χ1v) is 5.83. The van der Waals surface area contributed by atoms with Gasteiger partial charge in [-0.1, -0.05) is 17.7 Å². The molecule has 94 valence electrons. The number of benzene rings is 1. The van der Waals surface area contributed by atoms with Gasteiger partial charge >= 0.3 is 5.97 Å². The van der Waals surface area contributed by atoms with Crippen LogP contribution in [0.4, 0.5) is 5.69 Å². The molecule has 17 heavy (non-hydrogen) atoms. The van der Waals surface area contributed by atoms with Gasteiger partial charge in [0.1, 0.15) is 13.2 Å². The zero-order valence-electron chi connectivity index (χ0n) is 9.74. The Balaban J connectivity index is 2.19. The van der Waals surface area contributed by atoms with Gasteiger partial charge in [-0.25, -0.2) is 0 Å². The number of nitrogens with one attached hydrogen (secondary N) is 1. The van der Waals surface area contributed by atoms with Crippen LogP contribution < -0.4 is 5.32 Å². The molecule has 0 atom stereocenters. The number of hydrogen-bond acceptors (Lipinski definition) is 4. The van der Waals surface area contributed by atoms with Crippen LogP contribution in [0, 0.1) is 0 Å². The van der Waals surface area contributed by atoms with E-state index >= 15 is 0 Å². The van der Waals surface area contributed by atoms with Gasteiger partial charge in [-0.3, -0.25) is 4.79 Å². The highest BCUT2D eigenvalue weighted by Crippen LogP contribution is 2.14. The first kappa shape index (κ1) is 13.8. The molecule has 0 fully saturated rings. The van der Waals surface area contributed by atoms with Crippen LogP contribution >= 0.6 is 11.6 Å². The Morgan fingerprint density at radius 2 is 2.24 bits per heavy atom. The smallest absolute Gasteiger partial charge is 0.325 e. The van der Waals surface area contributed by atoms with E-state index in [2.05, 4.69) is 5.32 Å². The van der Waals surface area contributed by atoms with E-state index in [1.165, 1.54) is 0 Å². The normalized spacial score (nSPS) is 10.0. The minimum Gasteiger partial charge on any atom is -0.462 e. The van der Waals surface area contributed by atoms with E-state index in [0.29, 0.717) is 18.2 Å². The molecule has 1 rings (SSSR count). The monoisotopic (exact) mass is 257 g/mol. The van der Waals surface area contributed by atoms with E-state index in [1.54, 1.807) is 12.1 Å². The largest absolute Gasteiger partial charge is 0.462 e. The zero-order valence-corrected chi connectivity index (χ0v) is 10.5. The number of anilines is 1. The molecule has 0 aromatic heterocycles. The van der Waals surface area contributed by atoms with E-state index in [9.17, 15) is 4.79 Å². The van der Waals surface area contributed by atoms with Crippen molar-refractivity contribution in [1.29, 1.82) is 0 Å². The summed E-state index contributed by atoms with van der Waals surface area (Å²) in [7, 11) is 0. The molecule has 1 aromatic carbocycles. The summed E-state index contributed by atoms with van der Waals surface area (Å²) in [5.74, 6) is -0.315. The van der Waals surface area contributed by atoms with E-state index < -0.39 is 0 Å². The van der Waals surface area contributed by atoms with E-state index in [-0.39, 0.29) is 19.1 Å². The van der Waals surface area contributed by atoms with Crippen molar-refractivity contribution < 1.29 is 14.3 Å². The quantitative estimate of drug-likeness (QED) is 0.602. The third kappa shape index (κ3) is 6.14. The molecule has 4 nitrogen and oxygen atoms in total. The van der Waals surface area contributed by atoms with Crippen LogP contribution in [0.3, 0.4) is 0 Å². The van der Waals surface area contributed by atoms with Crippen molar-refractivity contribution in [3.63, 3.8) is 0 Å². The summed E-state index contributed by atoms with van der Waals surface area (Å²) in [6.07, 6.45) is 0. The fraction of sp³-hybridized carbons (Fsp3) is 0.417. The number of rotatable bonds is 7. The summed E-state index contributed by atoms with van der Waals surface area (Å²) in [5.41, 5.74) is 0.791. The van der Waals surface area contributed by atoms with Gasteiger partial charge in [0, 0.05) is 17.3 Å². The van der Waals surface area contributed by atoms with Gasteiger partial charge in [0.25, 0.3) is 0 Å². The molecule has 1 N–H and O–H groups in total. The van der Waals surface area contributed by atoms with Crippen molar-refractivity contribution in [3.05, 3.63) is 29.3 Å². The van der Waals surface area contributed by atoms with E-state index in [4.69, 9.17) is 21.1 Å². The molecule has 0 saturated carbocycles. The molecule has 5 heteroatoms. The number of ether oxygens (including phenoxy) is 2. The molecular formula is C12H16ClNO3. The van der Waals surface area contributed by atoms with Crippen LogP contribution in [0.2, 0.25) is 5.02 Å². The van der Waals surface area contributed by atoms with Crippen molar-refractivity contribution in [2.45, 2.75) is 6.92 Å². The summed E-state index contributed by atoms with van der Waals surface area (Å²) >= 11 is 5.81. The van der Waals surface area contributed by atoms with Crippen LogP contribution in [0.25, 0.3) is 0 Å². The van der Waals surface area contributed by atoms with Crippen molar-refractivity contribution in [3.8, 4) is 0 Å². The van der Waals surface area contributed by atoms with Crippen LogP contribution in [-0.4, -0.2) is 32.3 Å². The first-order chi connectivity index (χ1) is 8.22. The average molecular weight is 258 g/mol. The average Bonchev–Trinajstić information content (AvgIpc) is 2.32. The topological polar surface area (TPSA) is 47.6 Å². The molecule has 0 spiro atoms. The van der Waals surface area contributed by atoms with Crippen molar-refractivity contribution in [2.75, 3.05) is 31.7 Å². The van der Waals surface area contributed by atoms with Crippen molar-refractivity contribution in [1.82, 2.24) is 0 Å². The molecule has 1 aromatic rings. The Kier molecular flexibility index (Phi) is 6.43. The van der Waals surface area contributed by atoms with Gasteiger partial charge in [-0.05, 0) is 25.1 Å². The maximum atomic E-state index is 11.3. The standard InChI is InChI=1S/C12H16ClNO3/c1-2-16-6-7-17-12(15)9-14-11-5-3-4-10(13)8-11/h3-5,8,14H,2,6-7,9H2,1H3. The second-order valence-electron chi connectivity index (χ2n) is 3.28. The fourth-order valence-corrected chi connectivity index (χ4v) is 1.37. The predicted octanol–water partition coefficient (Wildman–Crippen LogP) is 2.33. The highest BCUT2D eigenvalue weighted by molar-refractivity contribution is 6.30. The van der Waals surface area contributed by atoms with Gasteiger partial charge in [0.2, 0.25) is 0 Å². The van der Waals surface area contributed by atoms with E-state index in [1.807, 2.05) is 19.1 Å². The summed E-state index contributed by atoms with van der Waals surface area (Å²) in [4.78, 5) is 11.3. The maximum absolute atomic E-state index is 11.3. The Labute approximate surface area is 106 Å². The Morgan fingerprint density at radius 3 is 2.94 bits per heavy atom. The Hall–Kier alpha value is -1.26. The van der Waals surface area contributed by atoms with Gasteiger partial charge < -0.3 is 14.8 Å². The number of hydrogen-bond donors (Lipinski definition) is 1. The molecule has 0 heterocycles. The lowest BCUT2D eigenvalue weighted by Gasteiger charge is -2.07. The minimum absolute atomic E-state index is 0.118. The van der Waals surface area contributed by atoms with Crippen LogP contribution in [0.1, 0.15) is 6.92 Å². The lowest BCUT2D eigenvalue weighted by atomic mass is 10.3. The van der Waals surface area contributed by atoms with Crippen molar-refractivity contribution in [2.24, 2.45) is 0 Å². The van der Waals surface area contributed by atoms with Gasteiger partial charge in [-0.2, -0.15) is 0 Å². The number of carbonyl (C=O) groups excluding carboxylic acids is 1. The molecule has 0 aliphatic carbocycles. The molecule has 0 unspecified atom stereocenters. The molecule has 0 aliphatic heterocycles. The third-order valence-electron chi connectivity index (χ3n) is 1.96. The Morgan fingerprint density at radius 1 is 1.41 bits per heavy atom. The lowest BCUT2D eigenvalue weighted by Crippen LogP contribution is -2.19. The van der Waals surface area contributed by atoms with Crippen LogP contribution in [0.15, 0.2) is 24.3 Å². The highest BCUT2D eigenvalue weighted by atomic mass is 35.5. The number of carbonyl (C=O) groups is 1. The van der Waals surface area contributed by atoms with Crippen LogP contribution in [0.5, 0.6) is 0 Å². The minimum atomic E-state index is -0.315. The number of esters is 1. The van der Waals surface area contributed by atoms with Gasteiger partial charge in [0.05, 0.1) is 6.61 Å². The summed E-state index contributed by atoms with van der Waals surface area (Å²) in [6, 6.07) is 7.16. The highest BCUT2D eigenvalue weighted by Gasteiger charge is 2.02. The van der Waals surface area contributed by atoms with E-state index in [0.717, 1.165) is 5.69 Å². The van der Waals surface area contributed by atoms with Gasteiger partial charge in [0.15, 0.2) is 0 Å². The second-order valence-corrected chi connectivity index (χ2v) is 3.72. The fourth-order valence-electron chi connectivity index (χ4n) is 1.18. The molecule has 0 bridgehead atoms.